The number of nitriles is 1. The molecule has 1 aliphatic rings. The zero-order chi connectivity index (χ0) is 15.1. The molecule has 1 aromatic rings. The van der Waals surface area contributed by atoms with Crippen molar-refractivity contribution in [3.63, 3.8) is 0 Å². The highest BCUT2D eigenvalue weighted by Gasteiger charge is 2.22. The van der Waals surface area contributed by atoms with Gasteiger partial charge in [0, 0.05) is 32.2 Å². The highest BCUT2D eigenvalue weighted by atomic mass is 19.1. The average molecular weight is 289 g/mol. The van der Waals surface area contributed by atoms with Gasteiger partial charge in [0.1, 0.15) is 11.9 Å². The average Bonchev–Trinajstić information content (AvgIpc) is 2.53. The van der Waals surface area contributed by atoms with E-state index in [0.717, 1.165) is 38.2 Å². The molecule has 114 valence electrons. The van der Waals surface area contributed by atoms with Gasteiger partial charge in [-0.2, -0.15) is 5.26 Å². The molecule has 0 radical (unpaired) electrons. The summed E-state index contributed by atoms with van der Waals surface area (Å²) in [6.45, 7) is 6.21. The molecule has 1 atom stereocenters. The first-order chi connectivity index (χ1) is 10.3. The molecule has 3 nitrogen and oxygen atoms in total. The third-order valence-electron chi connectivity index (χ3n) is 4.17. The van der Waals surface area contributed by atoms with Crippen LogP contribution in [0.1, 0.15) is 49.8 Å². The minimum atomic E-state index is -0.422. The van der Waals surface area contributed by atoms with Gasteiger partial charge in [0.25, 0.3) is 0 Å². The summed E-state index contributed by atoms with van der Waals surface area (Å²) in [6, 6.07) is 7.26. The highest BCUT2D eigenvalue weighted by molar-refractivity contribution is 5.35. The van der Waals surface area contributed by atoms with E-state index in [-0.39, 0.29) is 5.56 Å². The van der Waals surface area contributed by atoms with Crippen molar-refractivity contribution in [1.82, 2.24) is 10.2 Å². The van der Waals surface area contributed by atoms with Gasteiger partial charge in [-0.05, 0) is 24.1 Å². The van der Waals surface area contributed by atoms with E-state index in [1.165, 1.54) is 25.3 Å². The Balaban J connectivity index is 2.18. The zero-order valence-electron chi connectivity index (χ0n) is 12.7. The molecule has 0 bridgehead atoms. The van der Waals surface area contributed by atoms with Gasteiger partial charge in [-0.3, -0.25) is 4.90 Å². The molecule has 2 rings (SSSR count). The summed E-state index contributed by atoms with van der Waals surface area (Å²) in [5.74, 6) is -0.422. The van der Waals surface area contributed by atoms with E-state index in [9.17, 15) is 4.39 Å². The number of nitrogens with zero attached hydrogens (tertiary/aromatic N) is 2. The van der Waals surface area contributed by atoms with Gasteiger partial charge in [-0.1, -0.05) is 32.3 Å². The summed E-state index contributed by atoms with van der Waals surface area (Å²) >= 11 is 0. The number of rotatable bonds is 6. The summed E-state index contributed by atoms with van der Waals surface area (Å²) in [5, 5.41) is 12.4. The van der Waals surface area contributed by atoms with Crippen LogP contribution in [0.25, 0.3) is 0 Å². The Labute approximate surface area is 126 Å². The highest BCUT2D eigenvalue weighted by Crippen LogP contribution is 2.28. The van der Waals surface area contributed by atoms with Crippen molar-refractivity contribution in [2.45, 2.75) is 38.6 Å². The van der Waals surface area contributed by atoms with Crippen molar-refractivity contribution in [3.8, 4) is 6.07 Å². The summed E-state index contributed by atoms with van der Waals surface area (Å²) < 4.78 is 13.5. The fourth-order valence-corrected chi connectivity index (χ4v) is 2.98. The van der Waals surface area contributed by atoms with Crippen LogP contribution in [0.3, 0.4) is 0 Å². The molecule has 0 aliphatic carbocycles. The molecule has 21 heavy (non-hydrogen) atoms. The predicted octanol–water partition coefficient (Wildman–Crippen LogP) is 3.22. The Bertz CT molecular complexity index is 489. The molecule has 1 aromatic carbocycles. The molecule has 4 heteroatoms. The molecule has 1 saturated heterocycles. The first-order valence-corrected chi connectivity index (χ1v) is 7.90. The summed E-state index contributed by atoms with van der Waals surface area (Å²) in [5.41, 5.74) is 1.23. The van der Waals surface area contributed by atoms with Crippen molar-refractivity contribution in [1.29, 1.82) is 5.26 Å². The van der Waals surface area contributed by atoms with E-state index >= 15 is 0 Å². The number of halogens is 1. The first-order valence-electron chi connectivity index (χ1n) is 7.90. The third-order valence-corrected chi connectivity index (χ3v) is 4.17. The molecule has 0 unspecified atom stereocenters. The van der Waals surface area contributed by atoms with Crippen LogP contribution in [-0.2, 0) is 0 Å². The van der Waals surface area contributed by atoms with Crippen molar-refractivity contribution < 1.29 is 4.39 Å². The van der Waals surface area contributed by atoms with Gasteiger partial charge in [-0.15, -0.1) is 0 Å². The molecule has 0 aromatic heterocycles. The lowest BCUT2D eigenvalue weighted by atomic mass is 9.96. The summed E-state index contributed by atoms with van der Waals surface area (Å²) in [7, 11) is 0. The van der Waals surface area contributed by atoms with Crippen molar-refractivity contribution in [2.24, 2.45) is 0 Å². The first kappa shape index (κ1) is 15.9. The van der Waals surface area contributed by atoms with Crippen LogP contribution >= 0.6 is 0 Å². The molecule has 0 saturated carbocycles. The van der Waals surface area contributed by atoms with Crippen LogP contribution in [0.5, 0.6) is 0 Å². The van der Waals surface area contributed by atoms with Gasteiger partial charge < -0.3 is 5.32 Å². The molecule has 0 spiro atoms. The maximum absolute atomic E-state index is 13.5. The molecule has 0 amide bonds. The smallest absolute Gasteiger partial charge is 0.140 e. The van der Waals surface area contributed by atoms with E-state index in [4.69, 9.17) is 5.26 Å². The second-order valence-corrected chi connectivity index (χ2v) is 5.65. The van der Waals surface area contributed by atoms with Crippen molar-refractivity contribution in [2.75, 3.05) is 26.2 Å². The van der Waals surface area contributed by atoms with Gasteiger partial charge in [0.2, 0.25) is 0 Å². The van der Waals surface area contributed by atoms with Crippen LogP contribution < -0.4 is 5.32 Å². The standard InChI is InChI=1S/C17H24FN3/c1-2-3-4-5-17(21-10-8-20-9-11-21)14-6-7-16(18)15(12-14)13-19/h6-7,12,17,20H,2-5,8-11H2,1H3/t17-/m0/s1. The fourth-order valence-electron chi connectivity index (χ4n) is 2.98. The Morgan fingerprint density at radius 1 is 1.33 bits per heavy atom. The number of piperazine rings is 1. The van der Waals surface area contributed by atoms with E-state index in [2.05, 4.69) is 17.1 Å². The minimum absolute atomic E-state index is 0.156. The van der Waals surface area contributed by atoms with Gasteiger partial charge in [-0.25, -0.2) is 4.39 Å². The van der Waals surface area contributed by atoms with E-state index in [0.29, 0.717) is 6.04 Å². The Hall–Kier alpha value is -1.44. The second kappa shape index (κ2) is 8.11. The quantitative estimate of drug-likeness (QED) is 0.817. The maximum atomic E-state index is 13.5. The van der Waals surface area contributed by atoms with E-state index < -0.39 is 5.82 Å². The second-order valence-electron chi connectivity index (χ2n) is 5.65. The molecule has 1 aliphatic heterocycles. The largest absolute Gasteiger partial charge is 0.314 e. The number of hydrogen-bond acceptors (Lipinski definition) is 3. The number of benzene rings is 1. The Morgan fingerprint density at radius 3 is 2.76 bits per heavy atom. The van der Waals surface area contributed by atoms with Gasteiger partial charge in [0.15, 0.2) is 0 Å². The van der Waals surface area contributed by atoms with Gasteiger partial charge >= 0.3 is 0 Å². The monoisotopic (exact) mass is 289 g/mol. The SMILES string of the molecule is CCCCC[C@@H](c1ccc(F)c(C#N)c1)N1CCNCC1. The van der Waals surface area contributed by atoms with Crippen LogP contribution in [0, 0.1) is 17.1 Å². The lowest BCUT2D eigenvalue weighted by Gasteiger charge is -2.35. The van der Waals surface area contributed by atoms with Crippen LogP contribution in [0.2, 0.25) is 0 Å². The van der Waals surface area contributed by atoms with E-state index in [1.54, 1.807) is 6.07 Å². The van der Waals surface area contributed by atoms with E-state index in [1.807, 2.05) is 12.1 Å². The number of hydrogen-bond donors (Lipinski definition) is 1. The lowest BCUT2D eigenvalue weighted by molar-refractivity contribution is 0.162. The summed E-state index contributed by atoms with van der Waals surface area (Å²) in [6.07, 6.45) is 4.66. The Morgan fingerprint density at radius 2 is 2.10 bits per heavy atom. The fraction of sp³-hybridized carbons (Fsp3) is 0.588. The van der Waals surface area contributed by atoms with Gasteiger partial charge in [0.05, 0.1) is 5.56 Å². The minimum Gasteiger partial charge on any atom is -0.314 e. The maximum Gasteiger partial charge on any atom is 0.140 e. The normalized spacial score (nSPS) is 17.4. The predicted molar refractivity (Wildman–Crippen MR) is 82.4 cm³/mol. The van der Waals surface area contributed by atoms with Crippen molar-refractivity contribution >= 4 is 0 Å². The van der Waals surface area contributed by atoms with Crippen LogP contribution in [0.15, 0.2) is 18.2 Å². The number of unbranched alkanes of at least 4 members (excludes halogenated alkanes) is 2. The number of nitrogens with one attached hydrogen (secondary N) is 1. The molecular weight excluding hydrogens is 265 g/mol. The molecule has 1 N–H and O–H groups in total. The Kier molecular flexibility index (Phi) is 6.16. The zero-order valence-corrected chi connectivity index (χ0v) is 12.7. The third kappa shape index (κ3) is 4.26. The molecule has 1 heterocycles. The van der Waals surface area contributed by atoms with Crippen LogP contribution in [-0.4, -0.2) is 31.1 Å². The van der Waals surface area contributed by atoms with Crippen LogP contribution in [0.4, 0.5) is 4.39 Å². The lowest BCUT2D eigenvalue weighted by Crippen LogP contribution is -2.45. The molecular formula is C17H24FN3. The summed E-state index contributed by atoms with van der Waals surface area (Å²) in [4.78, 5) is 2.46. The van der Waals surface area contributed by atoms with Crippen molar-refractivity contribution in [3.05, 3.63) is 35.1 Å². The topological polar surface area (TPSA) is 39.1 Å². The molecule has 1 fully saturated rings.